The van der Waals surface area contributed by atoms with Crippen LogP contribution in [0.3, 0.4) is 0 Å². The van der Waals surface area contributed by atoms with Gasteiger partial charge in [-0.05, 0) is 37.0 Å². The monoisotopic (exact) mass is 680 g/mol. The van der Waals surface area contributed by atoms with Gasteiger partial charge >= 0.3 is 17.9 Å². The van der Waals surface area contributed by atoms with Gasteiger partial charge in [0.2, 0.25) is 11.9 Å². The molecule has 4 fully saturated rings. The molecule has 1 saturated carbocycles. The van der Waals surface area contributed by atoms with E-state index in [1.54, 1.807) is 31.2 Å². The van der Waals surface area contributed by atoms with Crippen molar-refractivity contribution in [3.8, 4) is 5.75 Å². The number of para-hydroxylation sites is 1. The van der Waals surface area contributed by atoms with Gasteiger partial charge in [0.1, 0.15) is 11.9 Å². The summed E-state index contributed by atoms with van der Waals surface area (Å²) in [5.41, 5.74) is 0.0734. The fourth-order valence-corrected chi connectivity index (χ4v) is 9.41. The lowest BCUT2D eigenvalue weighted by Crippen LogP contribution is -2.60. The highest BCUT2D eigenvalue weighted by Gasteiger charge is 2.57. The Bertz CT molecular complexity index is 1570. The van der Waals surface area contributed by atoms with Gasteiger partial charge in [-0.25, -0.2) is 4.79 Å². The van der Waals surface area contributed by atoms with Crippen molar-refractivity contribution in [2.24, 2.45) is 5.92 Å². The number of carbonyl (C=O) groups excluding carboxylic acids is 3. The van der Waals surface area contributed by atoms with Crippen LogP contribution in [-0.2, 0) is 40.6 Å². The zero-order valence-electron chi connectivity index (χ0n) is 29.2. The molecule has 8 nitrogen and oxygen atoms in total. The van der Waals surface area contributed by atoms with E-state index in [4.69, 9.17) is 18.9 Å². The van der Waals surface area contributed by atoms with Gasteiger partial charge in [-0.3, -0.25) is 9.59 Å². The largest absolute Gasteiger partial charge is 0.459 e. The van der Waals surface area contributed by atoms with E-state index in [0.29, 0.717) is 34.5 Å². The minimum Gasteiger partial charge on any atom is -0.459 e. The average Bonchev–Trinajstić information content (AvgIpc) is 3.68. The number of quaternary nitrogens is 1. The minimum absolute atomic E-state index is 0.118. The van der Waals surface area contributed by atoms with Crippen molar-refractivity contribution in [2.75, 3.05) is 13.1 Å². The van der Waals surface area contributed by atoms with Gasteiger partial charge in [0, 0.05) is 44.1 Å². The molecule has 1 spiro atoms. The maximum Gasteiger partial charge on any atom is 0.348 e. The molecular formula is C42H50NO7+. The standard InChI is InChI=1S/C42H50NO7/c1-30(47-39(44)27-32-17-11-12-22-38(32)49-40(45)31-15-5-2-6-16-31)50-42(33-18-7-3-8-19-33,34-20-9-4-10-21-34)41(46)48-37-28-35-23-24-36(29-37)43(35)25-13-14-26-43/h3-4,7-12,17-22,30-31,35-37H,2,5-6,13-16,23-29H2,1H3/q+1. The Morgan fingerprint density at radius 1 is 0.740 bits per heavy atom. The van der Waals surface area contributed by atoms with Gasteiger partial charge < -0.3 is 23.4 Å². The van der Waals surface area contributed by atoms with Crippen LogP contribution in [0, 0.1) is 5.92 Å². The number of esters is 3. The second-order valence-electron chi connectivity index (χ2n) is 14.8. The van der Waals surface area contributed by atoms with Gasteiger partial charge in [-0.1, -0.05) is 98.1 Å². The third-order valence-corrected chi connectivity index (χ3v) is 11.8. The second-order valence-corrected chi connectivity index (χ2v) is 14.8. The summed E-state index contributed by atoms with van der Waals surface area (Å²) in [4.78, 5) is 41.1. The SMILES string of the molecule is CC(OC(=O)Cc1ccccc1OC(=O)C1CCCCC1)OC(C(=O)OC1CC2CCC(C1)[N+]21CCCC1)(c1ccccc1)c1ccccc1. The van der Waals surface area contributed by atoms with Crippen LogP contribution in [0.5, 0.6) is 5.75 Å². The smallest absolute Gasteiger partial charge is 0.348 e. The molecule has 3 aromatic carbocycles. The molecule has 7 rings (SSSR count). The zero-order valence-corrected chi connectivity index (χ0v) is 29.2. The number of ether oxygens (including phenoxy) is 4. The zero-order chi connectivity index (χ0) is 34.6. The number of hydrogen-bond acceptors (Lipinski definition) is 7. The molecule has 0 N–H and O–H groups in total. The van der Waals surface area contributed by atoms with E-state index < -0.39 is 23.8 Å². The number of hydrogen-bond donors (Lipinski definition) is 0. The van der Waals surface area contributed by atoms with Crippen LogP contribution in [0.4, 0.5) is 0 Å². The Morgan fingerprint density at radius 3 is 1.94 bits per heavy atom. The summed E-state index contributed by atoms with van der Waals surface area (Å²) in [5, 5.41) is 0. The summed E-state index contributed by atoms with van der Waals surface area (Å²) in [6, 6.07) is 26.8. The van der Waals surface area contributed by atoms with Crippen LogP contribution in [0.1, 0.15) is 94.2 Å². The molecule has 3 atom stereocenters. The van der Waals surface area contributed by atoms with Crippen molar-refractivity contribution >= 4 is 17.9 Å². The number of nitrogens with zero attached hydrogens (tertiary/aromatic N) is 1. The molecule has 0 radical (unpaired) electrons. The molecule has 3 saturated heterocycles. The van der Waals surface area contributed by atoms with Crippen molar-refractivity contribution in [3.63, 3.8) is 0 Å². The van der Waals surface area contributed by atoms with E-state index in [9.17, 15) is 14.4 Å². The fourth-order valence-electron chi connectivity index (χ4n) is 9.41. The molecule has 0 amide bonds. The maximum absolute atomic E-state index is 14.7. The number of carbonyl (C=O) groups is 3. The second kappa shape index (κ2) is 15.1. The highest BCUT2D eigenvalue weighted by Crippen LogP contribution is 2.47. The first kappa shape index (κ1) is 34.4. The number of rotatable bonds is 11. The highest BCUT2D eigenvalue weighted by molar-refractivity contribution is 5.86. The van der Waals surface area contributed by atoms with Gasteiger partial charge in [0.15, 0.2) is 0 Å². The Kier molecular flexibility index (Phi) is 10.4. The first-order valence-electron chi connectivity index (χ1n) is 18.7. The minimum atomic E-state index is -1.67. The lowest BCUT2D eigenvalue weighted by molar-refractivity contribution is -0.956. The molecule has 4 aliphatic rings. The average molecular weight is 681 g/mol. The maximum atomic E-state index is 14.7. The molecule has 50 heavy (non-hydrogen) atoms. The van der Waals surface area contributed by atoms with Crippen LogP contribution in [0.15, 0.2) is 84.9 Å². The van der Waals surface area contributed by atoms with Crippen molar-refractivity contribution in [1.29, 1.82) is 0 Å². The first-order valence-corrected chi connectivity index (χ1v) is 18.7. The molecule has 0 aromatic heterocycles. The first-order chi connectivity index (χ1) is 24.4. The Balaban J connectivity index is 1.10. The van der Waals surface area contributed by atoms with E-state index in [1.165, 1.54) is 43.3 Å². The van der Waals surface area contributed by atoms with E-state index >= 15 is 0 Å². The molecular weight excluding hydrogens is 630 g/mol. The molecule has 3 aliphatic heterocycles. The predicted molar refractivity (Wildman–Crippen MR) is 188 cm³/mol. The summed E-state index contributed by atoms with van der Waals surface area (Å²) >= 11 is 0. The molecule has 264 valence electrons. The van der Waals surface area contributed by atoms with Gasteiger partial charge in [0.25, 0.3) is 0 Å². The topological polar surface area (TPSA) is 88.1 Å². The highest BCUT2D eigenvalue weighted by atomic mass is 16.7. The molecule has 3 heterocycles. The normalized spacial score (nSPS) is 23.7. The third kappa shape index (κ3) is 6.97. The van der Waals surface area contributed by atoms with Crippen LogP contribution >= 0.6 is 0 Å². The molecule has 3 unspecified atom stereocenters. The van der Waals surface area contributed by atoms with E-state index in [1.807, 2.05) is 60.7 Å². The summed E-state index contributed by atoms with van der Waals surface area (Å²) < 4.78 is 26.0. The van der Waals surface area contributed by atoms with Gasteiger partial charge in [-0.2, -0.15) is 0 Å². The van der Waals surface area contributed by atoms with Crippen molar-refractivity contribution < 1.29 is 37.8 Å². The Morgan fingerprint density at radius 2 is 1.32 bits per heavy atom. The van der Waals surface area contributed by atoms with Crippen LogP contribution in [0.2, 0.25) is 0 Å². The van der Waals surface area contributed by atoms with Crippen molar-refractivity contribution in [3.05, 3.63) is 102 Å². The quantitative estimate of drug-likeness (QED) is 0.0902. The van der Waals surface area contributed by atoms with E-state index in [2.05, 4.69) is 0 Å². The number of piperidine rings is 1. The fraction of sp³-hybridized carbons (Fsp3) is 0.500. The summed E-state index contributed by atoms with van der Waals surface area (Å²) in [6.45, 7) is 4.11. The molecule has 2 bridgehead atoms. The molecule has 8 heteroatoms. The Labute approximate surface area is 295 Å². The van der Waals surface area contributed by atoms with Crippen LogP contribution in [-0.4, -0.2) is 60.0 Å². The van der Waals surface area contributed by atoms with E-state index in [0.717, 1.165) is 44.9 Å². The number of benzene rings is 3. The molecule has 3 aromatic rings. The van der Waals surface area contributed by atoms with Crippen LogP contribution < -0.4 is 4.74 Å². The van der Waals surface area contributed by atoms with Crippen molar-refractivity contribution in [1.82, 2.24) is 0 Å². The third-order valence-electron chi connectivity index (χ3n) is 11.8. The lowest BCUT2D eigenvalue weighted by atomic mass is 9.85. The summed E-state index contributed by atoms with van der Waals surface area (Å²) in [7, 11) is 0. The predicted octanol–water partition coefficient (Wildman–Crippen LogP) is 7.41. The van der Waals surface area contributed by atoms with Crippen LogP contribution in [0.25, 0.3) is 0 Å². The lowest BCUT2D eigenvalue weighted by Gasteiger charge is -2.47. The van der Waals surface area contributed by atoms with Crippen molar-refractivity contribution in [2.45, 2.75) is 114 Å². The van der Waals surface area contributed by atoms with Gasteiger partial charge in [-0.15, -0.1) is 0 Å². The Hall–Kier alpha value is -4.01. The molecule has 1 aliphatic carbocycles. The summed E-state index contributed by atoms with van der Waals surface area (Å²) in [6.07, 6.45) is 10.0. The van der Waals surface area contributed by atoms with Gasteiger partial charge in [0.05, 0.1) is 37.5 Å². The van der Waals surface area contributed by atoms with E-state index in [-0.39, 0.29) is 24.4 Å². The summed E-state index contributed by atoms with van der Waals surface area (Å²) in [5.74, 6) is -1.07.